The molecule has 0 fully saturated rings. The number of allylic oxidation sites excluding steroid dienone is 1. The molecule has 4 rings (SSSR count). The number of thiophene rings is 1. The fourth-order valence-electron chi connectivity index (χ4n) is 2.46. The van der Waals surface area contributed by atoms with Crippen LogP contribution in [0, 0.1) is 0 Å². The maximum atomic E-state index is 4.59. The largest absolute Gasteiger partial charge is 0.345 e. The maximum absolute atomic E-state index is 4.59. The minimum absolute atomic E-state index is 0. The molecule has 2 aromatic rings. The van der Waals surface area contributed by atoms with Crippen molar-refractivity contribution in [2.45, 2.75) is 12.8 Å². The van der Waals surface area contributed by atoms with Gasteiger partial charge in [-0.3, -0.25) is 4.99 Å². The Balaban J connectivity index is 0.000000735. The highest BCUT2D eigenvalue weighted by Crippen LogP contribution is 2.41. The summed E-state index contributed by atoms with van der Waals surface area (Å²) in [6.07, 6.45) is 8.79. The quantitative estimate of drug-likeness (QED) is 0.591. The van der Waals surface area contributed by atoms with Crippen molar-refractivity contribution in [2.75, 3.05) is 5.32 Å². The lowest BCUT2D eigenvalue weighted by molar-refractivity contribution is 1.01. The van der Waals surface area contributed by atoms with Crippen LogP contribution in [0.2, 0.25) is 0 Å². The summed E-state index contributed by atoms with van der Waals surface area (Å²) in [6.45, 7) is 0. The molecule has 5 heteroatoms. The second kappa shape index (κ2) is 6.00. The lowest BCUT2D eigenvalue weighted by Gasteiger charge is -2.04. The van der Waals surface area contributed by atoms with Crippen LogP contribution in [-0.2, 0) is 6.42 Å². The highest BCUT2D eigenvalue weighted by Gasteiger charge is 2.19. The van der Waals surface area contributed by atoms with Gasteiger partial charge in [-0.25, -0.2) is 0 Å². The van der Waals surface area contributed by atoms with Crippen molar-refractivity contribution in [1.82, 2.24) is 0 Å². The Morgan fingerprint density at radius 3 is 2.85 bits per heavy atom. The topological polar surface area (TPSA) is 24.4 Å². The van der Waals surface area contributed by atoms with E-state index in [9.17, 15) is 0 Å². The van der Waals surface area contributed by atoms with Crippen LogP contribution in [0.15, 0.2) is 35.3 Å². The molecule has 1 aromatic carbocycles. The van der Waals surface area contributed by atoms with E-state index in [1.54, 1.807) is 0 Å². The zero-order valence-corrected chi connectivity index (χ0v) is 13.1. The Kier molecular flexibility index (Phi) is 4.53. The van der Waals surface area contributed by atoms with E-state index >= 15 is 0 Å². The van der Waals surface area contributed by atoms with Crippen molar-refractivity contribution >= 4 is 64.8 Å². The second-order valence-electron chi connectivity index (χ2n) is 4.52. The number of rotatable bonds is 0. The number of nitrogens with zero attached hydrogens (tertiary/aromatic N) is 1. The van der Waals surface area contributed by atoms with Crippen molar-refractivity contribution in [3.05, 3.63) is 46.3 Å². The van der Waals surface area contributed by atoms with Crippen LogP contribution in [0.1, 0.15) is 22.4 Å². The first-order valence-electron chi connectivity index (χ1n) is 6.14. The first-order chi connectivity index (χ1) is 8.92. The highest BCUT2D eigenvalue weighted by molar-refractivity contribution is 7.17. The molecule has 1 aromatic heterocycles. The van der Waals surface area contributed by atoms with Gasteiger partial charge in [-0.15, -0.1) is 36.2 Å². The monoisotopic (exact) mass is 324 g/mol. The molecule has 0 atom stereocenters. The van der Waals surface area contributed by atoms with Crippen LogP contribution in [-0.4, -0.2) is 6.21 Å². The summed E-state index contributed by atoms with van der Waals surface area (Å²) < 4.78 is 0. The summed E-state index contributed by atoms with van der Waals surface area (Å²) in [5, 5.41) is 4.74. The van der Waals surface area contributed by atoms with E-state index in [1.807, 2.05) is 35.8 Å². The summed E-state index contributed by atoms with van der Waals surface area (Å²) in [4.78, 5) is 6.07. The molecule has 1 aliphatic carbocycles. The van der Waals surface area contributed by atoms with E-state index in [2.05, 4.69) is 28.5 Å². The van der Waals surface area contributed by atoms with Gasteiger partial charge in [0.2, 0.25) is 0 Å². The number of benzene rings is 1. The van der Waals surface area contributed by atoms with Crippen molar-refractivity contribution in [2.24, 2.45) is 4.99 Å². The molecule has 1 N–H and O–H groups in total. The van der Waals surface area contributed by atoms with E-state index in [4.69, 9.17) is 0 Å². The van der Waals surface area contributed by atoms with Gasteiger partial charge in [0.15, 0.2) is 0 Å². The summed E-state index contributed by atoms with van der Waals surface area (Å²) in [7, 11) is 0. The van der Waals surface area contributed by atoms with Crippen LogP contribution < -0.4 is 5.32 Å². The molecule has 2 heterocycles. The molecule has 0 spiro atoms. The minimum Gasteiger partial charge on any atom is -0.345 e. The fourth-order valence-corrected chi connectivity index (χ4v) is 3.65. The molecule has 0 bridgehead atoms. The summed E-state index contributed by atoms with van der Waals surface area (Å²) >= 11 is 1.86. The Bertz CT molecular complexity index is 689. The Hall–Kier alpha value is -1.29. The van der Waals surface area contributed by atoms with E-state index in [0.717, 1.165) is 24.2 Å². The number of hydrogen-bond donors (Lipinski definition) is 1. The van der Waals surface area contributed by atoms with Gasteiger partial charge in [-0.1, -0.05) is 24.3 Å². The molecule has 2 aliphatic rings. The predicted octanol–water partition coefficient (Wildman–Crippen LogP) is 5.36. The Morgan fingerprint density at radius 2 is 1.95 bits per heavy atom. The van der Waals surface area contributed by atoms with Gasteiger partial charge in [-0.2, -0.15) is 0 Å². The van der Waals surface area contributed by atoms with Crippen LogP contribution in [0.3, 0.4) is 0 Å². The predicted molar refractivity (Wildman–Crippen MR) is 93.1 cm³/mol. The third-order valence-electron chi connectivity index (χ3n) is 3.37. The first kappa shape index (κ1) is 15.1. The van der Waals surface area contributed by atoms with Gasteiger partial charge >= 0.3 is 0 Å². The fraction of sp³-hybridized carbons (Fsp3) is 0.133. The molecule has 0 unspecified atom stereocenters. The van der Waals surface area contributed by atoms with Gasteiger partial charge in [0.25, 0.3) is 0 Å². The van der Waals surface area contributed by atoms with Crippen LogP contribution in [0.5, 0.6) is 0 Å². The van der Waals surface area contributed by atoms with Crippen LogP contribution in [0.25, 0.3) is 6.08 Å². The molecular formula is C15H14Cl2N2S. The zero-order chi connectivity index (χ0) is 11.9. The number of para-hydroxylation sites is 2. The zero-order valence-electron chi connectivity index (χ0n) is 10.6. The number of fused-ring (bicyclic) bond motifs is 4. The van der Waals surface area contributed by atoms with Gasteiger partial charge in [-0.05, 0) is 30.5 Å². The number of nitrogens with one attached hydrogen (secondary N) is 1. The Morgan fingerprint density at radius 1 is 1.10 bits per heavy atom. The van der Waals surface area contributed by atoms with E-state index in [-0.39, 0.29) is 24.8 Å². The van der Waals surface area contributed by atoms with Gasteiger partial charge in [0.05, 0.1) is 11.4 Å². The molecular weight excluding hydrogens is 311 g/mol. The lowest BCUT2D eigenvalue weighted by atomic mass is 10.0. The van der Waals surface area contributed by atoms with E-state index in [1.165, 1.54) is 21.0 Å². The number of anilines is 2. The van der Waals surface area contributed by atoms with Crippen LogP contribution >= 0.6 is 36.2 Å². The number of aliphatic imine (C=N–C) groups is 1. The molecule has 2 nitrogen and oxygen atoms in total. The molecule has 0 radical (unpaired) electrons. The molecule has 104 valence electrons. The average Bonchev–Trinajstić information content (AvgIpc) is 2.65. The molecule has 0 amide bonds. The van der Waals surface area contributed by atoms with E-state index < -0.39 is 0 Å². The number of hydrogen-bond acceptors (Lipinski definition) is 3. The van der Waals surface area contributed by atoms with E-state index in [0.29, 0.717) is 0 Å². The minimum atomic E-state index is 0. The summed E-state index contributed by atoms with van der Waals surface area (Å²) in [5.74, 6) is 0. The van der Waals surface area contributed by atoms with Crippen molar-refractivity contribution < 1.29 is 0 Å². The van der Waals surface area contributed by atoms with Crippen LogP contribution in [0.4, 0.5) is 16.4 Å². The highest BCUT2D eigenvalue weighted by atomic mass is 35.5. The second-order valence-corrected chi connectivity index (χ2v) is 5.63. The normalized spacial score (nSPS) is 13.8. The summed E-state index contributed by atoms with van der Waals surface area (Å²) in [6, 6.07) is 8.18. The maximum Gasteiger partial charge on any atom is 0.103 e. The van der Waals surface area contributed by atoms with Crippen molar-refractivity contribution in [1.29, 1.82) is 0 Å². The molecule has 1 aliphatic heterocycles. The van der Waals surface area contributed by atoms with Gasteiger partial charge < -0.3 is 5.32 Å². The summed E-state index contributed by atoms with van der Waals surface area (Å²) in [5.41, 5.74) is 4.69. The molecule has 20 heavy (non-hydrogen) atoms. The standard InChI is InChI=1S/C15H12N2S.2ClH/c1-4-8-14-10(5-1)11-9-16-12-6-2-3-7-13(12)17-15(11)18-14;;/h1-3,5-7,9,17H,4,8H2;2*1H. The third-order valence-corrected chi connectivity index (χ3v) is 4.56. The first-order valence-corrected chi connectivity index (χ1v) is 6.96. The average molecular weight is 325 g/mol. The van der Waals surface area contributed by atoms with Crippen molar-refractivity contribution in [3.8, 4) is 0 Å². The molecule has 0 saturated carbocycles. The smallest absolute Gasteiger partial charge is 0.103 e. The third kappa shape index (κ3) is 2.37. The molecule has 0 saturated heterocycles. The SMILES string of the molecule is C1=Cc2c(sc3c2C=Nc2ccccc2N3)CC1.Cl.Cl. The van der Waals surface area contributed by atoms with Gasteiger partial charge in [0, 0.05) is 16.7 Å². The lowest BCUT2D eigenvalue weighted by Crippen LogP contribution is -1.92. The van der Waals surface area contributed by atoms with Gasteiger partial charge in [0.1, 0.15) is 5.00 Å². The number of halogens is 2. The number of aryl methyl sites for hydroxylation is 1. The Labute approximate surface area is 134 Å². The van der Waals surface area contributed by atoms with Crippen molar-refractivity contribution in [3.63, 3.8) is 0 Å².